The number of thiophene rings is 1. The van der Waals surface area contributed by atoms with Crippen LogP contribution < -0.4 is 0 Å². The molecule has 0 spiro atoms. The summed E-state index contributed by atoms with van der Waals surface area (Å²) in [7, 11) is 0. The Balaban J connectivity index is 1.83. The van der Waals surface area contributed by atoms with Crippen molar-refractivity contribution < 1.29 is 4.79 Å². The Morgan fingerprint density at radius 1 is 1.38 bits per heavy atom. The maximum atomic E-state index is 12.2. The summed E-state index contributed by atoms with van der Waals surface area (Å²) in [5.74, 6) is 3.89. The number of fused-ring (bicyclic) bond motifs is 1. The Morgan fingerprint density at radius 3 is 3.06 bits per heavy atom. The third-order valence-electron chi connectivity index (χ3n) is 3.09. The predicted octanol–water partition coefficient (Wildman–Crippen LogP) is 3.62. The molecule has 1 unspecified atom stereocenters. The highest BCUT2D eigenvalue weighted by Gasteiger charge is 2.27. The van der Waals surface area contributed by atoms with Crippen LogP contribution >= 0.6 is 34.9 Å². The minimum Gasteiger partial charge on any atom is -0.292 e. The molecule has 3 rings (SSSR count). The molecule has 0 saturated carbocycles. The smallest absolute Gasteiger partial charge is 0.185 e. The van der Waals surface area contributed by atoms with Gasteiger partial charge in [0.25, 0.3) is 0 Å². The van der Waals surface area contributed by atoms with Gasteiger partial charge in [0.2, 0.25) is 0 Å². The maximum absolute atomic E-state index is 12.2. The van der Waals surface area contributed by atoms with E-state index in [-0.39, 0.29) is 5.25 Å². The number of hydrogen-bond donors (Lipinski definition) is 0. The molecule has 2 aliphatic rings. The van der Waals surface area contributed by atoms with Crippen molar-refractivity contribution in [2.24, 2.45) is 0 Å². The molecule has 1 atom stereocenters. The summed E-state index contributed by atoms with van der Waals surface area (Å²) in [5.41, 5.74) is 1.42. The first-order valence-electron chi connectivity index (χ1n) is 5.70. The lowest BCUT2D eigenvalue weighted by Crippen LogP contribution is -2.12. The second kappa shape index (κ2) is 4.75. The lowest BCUT2D eigenvalue weighted by atomic mass is 10.1. The zero-order valence-electron chi connectivity index (χ0n) is 9.03. The summed E-state index contributed by atoms with van der Waals surface area (Å²) in [6, 6.07) is 2.16. The van der Waals surface area contributed by atoms with Crippen LogP contribution in [0.25, 0.3) is 0 Å². The molecule has 0 bridgehead atoms. The first-order valence-corrected chi connectivity index (χ1v) is 8.72. The van der Waals surface area contributed by atoms with Crippen molar-refractivity contribution in [1.29, 1.82) is 0 Å². The zero-order valence-corrected chi connectivity index (χ0v) is 11.5. The van der Waals surface area contributed by atoms with Gasteiger partial charge in [-0.15, -0.1) is 11.3 Å². The van der Waals surface area contributed by atoms with E-state index in [0.29, 0.717) is 5.78 Å². The van der Waals surface area contributed by atoms with Crippen LogP contribution in [-0.4, -0.2) is 22.5 Å². The number of carbonyl (C=O) groups is 1. The highest BCUT2D eigenvalue weighted by atomic mass is 32.2. The Kier molecular flexibility index (Phi) is 3.32. The van der Waals surface area contributed by atoms with Gasteiger partial charge >= 0.3 is 0 Å². The van der Waals surface area contributed by atoms with Crippen LogP contribution in [0.15, 0.2) is 6.07 Å². The molecule has 0 radical (unpaired) electrons. The van der Waals surface area contributed by atoms with E-state index in [9.17, 15) is 4.79 Å². The van der Waals surface area contributed by atoms with Crippen LogP contribution in [0.3, 0.4) is 0 Å². The maximum Gasteiger partial charge on any atom is 0.185 e. The van der Waals surface area contributed by atoms with Gasteiger partial charge in [-0.25, -0.2) is 0 Å². The molecule has 4 heteroatoms. The van der Waals surface area contributed by atoms with Crippen LogP contribution in [-0.2, 0) is 12.2 Å². The average molecular weight is 270 g/mol. The Labute approximate surface area is 108 Å². The fourth-order valence-electron chi connectivity index (χ4n) is 2.21. The number of aryl methyl sites for hydroxylation is 1. The van der Waals surface area contributed by atoms with Crippen molar-refractivity contribution in [3.8, 4) is 0 Å². The second-order valence-electron chi connectivity index (χ2n) is 4.23. The number of ketones is 1. The largest absolute Gasteiger partial charge is 0.292 e. The Hall–Kier alpha value is 0.0700. The molecule has 1 saturated heterocycles. The molecule has 1 fully saturated rings. The summed E-state index contributed by atoms with van der Waals surface area (Å²) < 4.78 is 0. The van der Waals surface area contributed by atoms with Crippen LogP contribution in [0.5, 0.6) is 0 Å². The molecule has 1 aromatic heterocycles. The van der Waals surface area contributed by atoms with E-state index in [2.05, 4.69) is 6.07 Å². The minimum absolute atomic E-state index is 0.257. The van der Waals surface area contributed by atoms with Gasteiger partial charge in [0.15, 0.2) is 5.78 Å². The summed E-state index contributed by atoms with van der Waals surface area (Å²) in [4.78, 5) is 14.7. The number of rotatable bonds is 2. The quantitative estimate of drug-likeness (QED) is 0.764. The molecular weight excluding hydrogens is 256 g/mol. The van der Waals surface area contributed by atoms with E-state index in [4.69, 9.17) is 0 Å². The Morgan fingerprint density at radius 2 is 2.31 bits per heavy atom. The molecule has 86 valence electrons. The fraction of sp³-hybridized carbons (Fsp3) is 0.583. The van der Waals surface area contributed by atoms with E-state index < -0.39 is 0 Å². The van der Waals surface area contributed by atoms with Crippen molar-refractivity contribution >= 4 is 40.6 Å². The summed E-state index contributed by atoms with van der Waals surface area (Å²) >= 11 is 5.58. The van der Waals surface area contributed by atoms with Crippen LogP contribution in [0, 0.1) is 0 Å². The van der Waals surface area contributed by atoms with Gasteiger partial charge < -0.3 is 0 Å². The number of carbonyl (C=O) groups excluding carboxylic acids is 1. The van der Waals surface area contributed by atoms with E-state index in [1.807, 2.05) is 23.5 Å². The summed E-state index contributed by atoms with van der Waals surface area (Å²) in [6.45, 7) is 0. The monoisotopic (exact) mass is 270 g/mol. The zero-order chi connectivity index (χ0) is 11.0. The lowest BCUT2D eigenvalue weighted by molar-refractivity contribution is 0.0992. The van der Waals surface area contributed by atoms with Gasteiger partial charge in [-0.3, -0.25) is 4.79 Å². The third-order valence-corrected chi connectivity index (χ3v) is 6.73. The third kappa shape index (κ3) is 2.07. The van der Waals surface area contributed by atoms with Crippen LogP contribution in [0.2, 0.25) is 0 Å². The van der Waals surface area contributed by atoms with Gasteiger partial charge in [0.05, 0.1) is 10.1 Å². The van der Waals surface area contributed by atoms with Crippen molar-refractivity contribution in [2.45, 2.75) is 30.3 Å². The summed E-state index contributed by atoms with van der Waals surface area (Å²) in [5, 5.41) is 0.257. The van der Waals surface area contributed by atoms with Crippen molar-refractivity contribution in [2.75, 3.05) is 11.5 Å². The van der Waals surface area contributed by atoms with Crippen LogP contribution in [0.4, 0.5) is 0 Å². The average Bonchev–Trinajstić information content (AvgIpc) is 2.97. The molecule has 0 N–H and O–H groups in total. The van der Waals surface area contributed by atoms with E-state index in [1.165, 1.54) is 22.6 Å². The molecule has 16 heavy (non-hydrogen) atoms. The predicted molar refractivity (Wildman–Crippen MR) is 74.0 cm³/mol. The molecule has 1 nitrogen and oxygen atoms in total. The van der Waals surface area contributed by atoms with Gasteiger partial charge in [0, 0.05) is 10.6 Å². The van der Waals surface area contributed by atoms with Crippen molar-refractivity contribution in [3.05, 3.63) is 21.4 Å². The van der Waals surface area contributed by atoms with E-state index in [0.717, 1.165) is 29.2 Å². The van der Waals surface area contributed by atoms with E-state index in [1.54, 1.807) is 11.3 Å². The van der Waals surface area contributed by atoms with Gasteiger partial charge in [0.1, 0.15) is 0 Å². The minimum atomic E-state index is 0.257. The highest BCUT2D eigenvalue weighted by Crippen LogP contribution is 2.35. The lowest BCUT2D eigenvalue weighted by Gasteiger charge is -2.08. The van der Waals surface area contributed by atoms with Crippen LogP contribution in [0.1, 0.15) is 33.0 Å². The van der Waals surface area contributed by atoms with Gasteiger partial charge in [-0.2, -0.15) is 23.5 Å². The number of thioether (sulfide) groups is 2. The molecule has 0 aromatic carbocycles. The normalized spacial score (nSPS) is 24.4. The Bertz CT molecular complexity index is 381. The number of hydrogen-bond acceptors (Lipinski definition) is 4. The first-order chi connectivity index (χ1) is 7.84. The second-order valence-corrected chi connectivity index (χ2v) is 7.78. The van der Waals surface area contributed by atoms with Crippen molar-refractivity contribution in [3.63, 3.8) is 0 Å². The van der Waals surface area contributed by atoms with Gasteiger partial charge in [-0.1, -0.05) is 0 Å². The fourth-order valence-corrected chi connectivity index (χ4v) is 5.88. The SMILES string of the molecule is O=C(c1cc2c(s1)CCSC2)C1CCCS1. The molecule has 2 aliphatic heterocycles. The highest BCUT2D eigenvalue weighted by molar-refractivity contribution is 8.00. The molecule has 3 heterocycles. The number of Topliss-reactive ketones (excluding diaryl/α,β-unsaturated/α-hetero) is 1. The molecule has 1 aromatic rings. The van der Waals surface area contributed by atoms with E-state index >= 15 is 0 Å². The topological polar surface area (TPSA) is 17.1 Å². The van der Waals surface area contributed by atoms with Gasteiger partial charge in [-0.05, 0) is 42.4 Å². The van der Waals surface area contributed by atoms with Crippen molar-refractivity contribution in [1.82, 2.24) is 0 Å². The first kappa shape index (κ1) is 11.2. The summed E-state index contributed by atoms with van der Waals surface area (Å²) in [6.07, 6.45) is 3.46. The molecule has 0 aliphatic carbocycles. The standard InChI is InChI=1S/C12H14OS3/c13-12(10-2-1-4-15-10)11-6-8-7-14-5-3-9(8)16-11/h6,10H,1-5,7H2. The molecular formula is C12H14OS3. The molecule has 0 amide bonds.